The molecule has 4 heterocycles. The number of ether oxygens (including phenoxy) is 2. The van der Waals surface area contributed by atoms with Crippen molar-refractivity contribution in [2.75, 3.05) is 13.3 Å². The highest BCUT2D eigenvalue weighted by Gasteiger charge is 2.46. The van der Waals surface area contributed by atoms with Gasteiger partial charge in [-0.25, -0.2) is 14.2 Å². The fraction of sp³-hybridized carbons (Fsp3) is 0.442. The Morgan fingerprint density at radius 1 is 1.07 bits per heavy atom. The molecular formula is C43H46FN5O8. The fourth-order valence-corrected chi connectivity index (χ4v) is 8.56. The molecule has 4 aliphatic rings. The normalized spacial score (nSPS) is 20.2. The minimum Gasteiger partial charge on any atom is -0.458 e. The zero-order chi connectivity index (χ0) is 40.2. The Balaban J connectivity index is 1.02. The second-order valence-electron chi connectivity index (χ2n) is 15.8. The third kappa shape index (κ3) is 7.09. The molecule has 1 fully saturated rings. The number of benzene rings is 2. The van der Waals surface area contributed by atoms with Crippen LogP contribution >= 0.6 is 0 Å². The van der Waals surface area contributed by atoms with Crippen LogP contribution in [0.5, 0.6) is 0 Å². The summed E-state index contributed by atoms with van der Waals surface area (Å²) in [5, 5.41) is 20.6. The van der Waals surface area contributed by atoms with Gasteiger partial charge in [-0.2, -0.15) is 0 Å². The summed E-state index contributed by atoms with van der Waals surface area (Å²) in [4.78, 5) is 71.0. The maximum atomic E-state index is 15.4. The molecule has 2 aromatic carbocycles. The summed E-state index contributed by atoms with van der Waals surface area (Å²) in [5.41, 5.74) is 2.86. The predicted octanol–water partition coefficient (Wildman–Crippen LogP) is 3.88. The number of esters is 1. The third-order valence-electron chi connectivity index (χ3n) is 12.0. The molecule has 8 rings (SSSR count). The van der Waals surface area contributed by atoms with Gasteiger partial charge in [-0.3, -0.25) is 19.2 Å². The van der Waals surface area contributed by atoms with E-state index in [4.69, 9.17) is 14.5 Å². The lowest BCUT2D eigenvalue weighted by molar-refractivity contribution is -0.172. The van der Waals surface area contributed by atoms with Gasteiger partial charge in [0.1, 0.15) is 25.3 Å². The Kier molecular flexibility index (Phi) is 10.2. The summed E-state index contributed by atoms with van der Waals surface area (Å²) in [6.07, 6.45) is 2.97. The van der Waals surface area contributed by atoms with Crippen LogP contribution < -0.4 is 21.5 Å². The average Bonchev–Trinajstić information content (AvgIpc) is 3.95. The minimum absolute atomic E-state index is 0.00819. The quantitative estimate of drug-likeness (QED) is 0.102. The highest BCUT2D eigenvalue weighted by molar-refractivity contribution is 5.94. The van der Waals surface area contributed by atoms with E-state index in [0.717, 1.165) is 34.9 Å². The van der Waals surface area contributed by atoms with Gasteiger partial charge in [0.2, 0.25) is 17.7 Å². The van der Waals surface area contributed by atoms with Crippen LogP contribution in [0.2, 0.25) is 0 Å². The van der Waals surface area contributed by atoms with Gasteiger partial charge in [0.05, 0.1) is 41.6 Å². The van der Waals surface area contributed by atoms with Crippen LogP contribution in [0.25, 0.3) is 22.3 Å². The van der Waals surface area contributed by atoms with Crippen molar-refractivity contribution in [1.29, 1.82) is 0 Å². The van der Waals surface area contributed by atoms with Crippen molar-refractivity contribution < 1.29 is 38.1 Å². The molecule has 4 atom stereocenters. The number of carbonyl (C=O) groups excluding carboxylic acids is 4. The van der Waals surface area contributed by atoms with Gasteiger partial charge in [-0.1, -0.05) is 57.0 Å². The first-order valence-electron chi connectivity index (χ1n) is 19.7. The van der Waals surface area contributed by atoms with Crippen LogP contribution in [-0.4, -0.2) is 57.7 Å². The Bertz CT molecular complexity index is 2380. The molecule has 4 N–H and O–H groups in total. The fourth-order valence-electron chi connectivity index (χ4n) is 8.56. The molecule has 4 aromatic rings. The summed E-state index contributed by atoms with van der Waals surface area (Å²) in [6.45, 7) is 4.53. The van der Waals surface area contributed by atoms with Gasteiger partial charge in [0.25, 0.3) is 5.56 Å². The zero-order valence-corrected chi connectivity index (χ0v) is 32.2. The number of pyridine rings is 2. The number of rotatable bonds is 13. The number of carbonyl (C=O) groups is 4. The van der Waals surface area contributed by atoms with Crippen LogP contribution in [-0.2, 0) is 60.2 Å². The molecule has 0 unspecified atom stereocenters. The molecule has 0 radical (unpaired) electrons. The number of cyclic esters (lactones) is 1. The number of hydrogen-bond acceptors (Lipinski definition) is 9. The molecule has 0 saturated heterocycles. The number of halogens is 1. The van der Waals surface area contributed by atoms with Gasteiger partial charge < -0.3 is 35.1 Å². The first kappa shape index (κ1) is 38.4. The molecule has 0 bridgehead atoms. The van der Waals surface area contributed by atoms with Gasteiger partial charge in [-0.15, -0.1) is 0 Å². The molecule has 298 valence electrons. The van der Waals surface area contributed by atoms with E-state index in [1.807, 2.05) is 30.3 Å². The molecule has 2 aliphatic heterocycles. The average molecular weight is 780 g/mol. The van der Waals surface area contributed by atoms with Crippen molar-refractivity contribution in [3.63, 3.8) is 0 Å². The monoisotopic (exact) mass is 779 g/mol. The van der Waals surface area contributed by atoms with E-state index in [2.05, 4.69) is 16.0 Å². The molecule has 14 heteroatoms. The maximum Gasteiger partial charge on any atom is 0.343 e. The standard InChI is InChI=1S/C43H46FN5O8/c1-4-43(55)29-16-33-38-27(19-49(33)41(53)28(29)20-56-42(43)54)37-31(13-12-26-23(3)30(44)17-32(47-38)36(26)37)48-40(52)34(15-25-10-11-25)57-21-46-35(50)18-45-39(51)22(2)14-24-8-6-5-7-9-24/h5-9,16-17,22,25,31,34,55H,4,10-15,18-21H2,1-3H3,(H,45,51)(H,46,50)(H,48,52)/t22-,31-,34+,43-/m0/s1. The van der Waals surface area contributed by atoms with Crippen molar-refractivity contribution in [3.05, 3.63) is 97.6 Å². The van der Waals surface area contributed by atoms with Crippen LogP contribution in [0.15, 0.2) is 47.3 Å². The van der Waals surface area contributed by atoms with E-state index in [1.54, 1.807) is 26.8 Å². The largest absolute Gasteiger partial charge is 0.458 e. The number of aliphatic hydroxyl groups is 1. The van der Waals surface area contributed by atoms with E-state index < -0.39 is 41.0 Å². The number of fused-ring (bicyclic) bond motifs is 5. The van der Waals surface area contributed by atoms with E-state index in [-0.39, 0.29) is 61.7 Å². The highest BCUT2D eigenvalue weighted by atomic mass is 19.1. The van der Waals surface area contributed by atoms with Crippen LogP contribution in [0, 0.1) is 24.6 Å². The lowest BCUT2D eigenvalue weighted by Gasteiger charge is -2.31. The van der Waals surface area contributed by atoms with Gasteiger partial charge in [0.15, 0.2) is 5.60 Å². The van der Waals surface area contributed by atoms with E-state index >= 15 is 4.39 Å². The molecule has 2 aliphatic carbocycles. The summed E-state index contributed by atoms with van der Waals surface area (Å²) in [7, 11) is 0. The number of nitrogens with zero attached hydrogens (tertiary/aromatic N) is 2. The highest BCUT2D eigenvalue weighted by Crippen LogP contribution is 2.46. The third-order valence-corrected chi connectivity index (χ3v) is 12.0. The van der Waals surface area contributed by atoms with Crippen LogP contribution in [0.3, 0.4) is 0 Å². The van der Waals surface area contributed by atoms with Gasteiger partial charge in [0, 0.05) is 28.5 Å². The van der Waals surface area contributed by atoms with E-state index in [0.29, 0.717) is 59.6 Å². The summed E-state index contributed by atoms with van der Waals surface area (Å²) >= 11 is 0. The van der Waals surface area contributed by atoms with Crippen molar-refractivity contribution in [2.45, 2.75) is 96.6 Å². The second kappa shape index (κ2) is 15.1. The summed E-state index contributed by atoms with van der Waals surface area (Å²) < 4.78 is 28.2. The van der Waals surface area contributed by atoms with E-state index in [1.165, 1.54) is 10.6 Å². The number of amides is 3. The van der Waals surface area contributed by atoms with Gasteiger partial charge in [-0.05, 0) is 73.3 Å². The number of nitrogens with one attached hydrogen (secondary N) is 3. The van der Waals surface area contributed by atoms with Gasteiger partial charge >= 0.3 is 5.97 Å². The van der Waals surface area contributed by atoms with E-state index in [9.17, 15) is 29.1 Å². The molecule has 13 nitrogen and oxygen atoms in total. The number of aromatic nitrogens is 2. The lowest BCUT2D eigenvalue weighted by atomic mass is 9.81. The van der Waals surface area contributed by atoms with Crippen LogP contribution in [0.4, 0.5) is 4.39 Å². The van der Waals surface area contributed by atoms with Crippen molar-refractivity contribution in [3.8, 4) is 11.4 Å². The first-order valence-corrected chi connectivity index (χ1v) is 19.7. The predicted molar refractivity (Wildman–Crippen MR) is 206 cm³/mol. The smallest absolute Gasteiger partial charge is 0.343 e. The Hall–Kier alpha value is -5.47. The minimum atomic E-state index is -2.01. The molecule has 0 spiro atoms. The van der Waals surface area contributed by atoms with Crippen molar-refractivity contribution in [1.82, 2.24) is 25.5 Å². The number of aryl methyl sites for hydroxylation is 1. The summed E-state index contributed by atoms with van der Waals surface area (Å²) in [6, 6.07) is 12.1. The number of hydrogen-bond donors (Lipinski definition) is 4. The molecule has 57 heavy (non-hydrogen) atoms. The Morgan fingerprint density at radius 2 is 1.84 bits per heavy atom. The molecule has 1 saturated carbocycles. The van der Waals surface area contributed by atoms with Crippen molar-refractivity contribution in [2.24, 2.45) is 11.8 Å². The maximum absolute atomic E-state index is 15.4. The summed E-state index contributed by atoms with van der Waals surface area (Å²) in [5.74, 6) is -2.33. The molecule has 3 amide bonds. The van der Waals surface area contributed by atoms with Crippen molar-refractivity contribution >= 4 is 34.6 Å². The molecular weight excluding hydrogens is 733 g/mol. The Morgan fingerprint density at radius 3 is 2.58 bits per heavy atom. The SMILES string of the molecule is CC[C@@]1(O)C(=O)OCc2c1cc1n(c2=O)Cc2c-1nc1cc(F)c(C)c3c1c2[C@@H](NC(=O)[C@@H](CC1CC1)OCNC(=O)CNC(=O)[C@@H](C)Cc1ccccc1)CC3. The van der Waals surface area contributed by atoms with Crippen LogP contribution in [0.1, 0.15) is 90.9 Å². The molecule has 2 aromatic heterocycles. The lowest BCUT2D eigenvalue weighted by Crippen LogP contribution is -2.44. The Labute approximate surface area is 328 Å². The topological polar surface area (TPSA) is 178 Å². The second-order valence-corrected chi connectivity index (χ2v) is 15.8. The first-order chi connectivity index (χ1) is 27.4. The zero-order valence-electron chi connectivity index (χ0n) is 32.2.